The van der Waals surface area contributed by atoms with Crippen molar-refractivity contribution in [3.63, 3.8) is 0 Å². The molecule has 1 aromatic rings. The van der Waals surface area contributed by atoms with Crippen LogP contribution in [-0.2, 0) is 0 Å². The van der Waals surface area contributed by atoms with E-state index < -0.39 is 0 Å². The molecule has 1 aromatic heterocycles. The lowest BCUT2D eigenvalue weighted by atomic mass is 9.88. The first kappa shape index (κ1) is 12.5. The summed E-state index contributed by atoms with van der Waals surface area (Å²) in [5.74, 6) is 2.03. The van der Waals surface area contributed by atoms with Crippen molar-refractivity contribution in [1.29, 1.82) is 0 Å². The zero-order chi connectivity index (χ0) is 13.1. The summed E-state index contributed by atoms with van der Waals surface area (Å²) in [6.45, 7) is 1.46. The fourth-order valence-corrected chi connectivity index (χ4v) is 6.00. The predicted octanol–water partition coefficient (Wildman–Crippen LogP) is 2.39. The van der Waals surface area contributed by atoms with Gasteiger partial charge in [-0.2, -0.15) is 0 Å². The largest absolute Gasteiger partial charge is 0.391 e. The monoisotopic (exact) mass is 341 g/mol. The number of halogens is 1. The van der Waals surface area contributed by atoms with Gasteiger partial charge in [-0.1, -0.05) is 0 Å². The van der Waals surface area contributed by atoms with E-state index in [-0.39, 0.29) is 17.9 Å². The Kier molecular flexibility index (Phi) is 2.88. The van der Waals surface area contributed by atoms with E-state index in [4.69, 9.17) is 0 Å². The fourth-order valence-electron chi connectivity index (χ4n) is 4.47. The van der Waals surface area contributed by atoms with Gasteiger partial charge in [0.2, 0.25) is 0 Å². The maximum absolute atomic E-state index is 12.4. The number of fused-ring (bicyclic) bond motifs is 1. The van der Waals surface area contributed by atoms with Crippen molar-refractivity contribution >= 4 is 33.0 Å². The molecule has 2 heterocycles. The normalized spacial score (nSPS) is 40.2. The number of hydrogen-bond donors (Lipinski definition) is 1. The van der Waals surface area contributed by atoms with Crippen LogP contribution < -0.4 is 0 Å². The van der Waals surface area contributed by atoms with Gasteiger partial charge >= 0.3 is 0 Å². The molecule has 3 aliphatic rings. The molecular formula is C14H16BrNO2S. The number of ketones is 1. The molecule has 3 fully saturated rings. The fraction of sp³-hybridized carbons (Fsp3) is 0.643. The summed E-state index contributed by atoms with van der Waals surface area (Å²) in [5.41, 5.74) is 0. The number of thiophene rings is 1. The molecule has 5 heteroatoms. The Hall–Kier alpha value is -0.230. The quantitative estimate of drug-likeness (QED) is 0.858. The topological polar surface area (TPSA) is 40.5 Å². The second-order valence-electron chi connectivity index (χ2n) is 6.09. The van der Waals surface area contributed by atoms with Crippen LogP contribution in [-0.4, -0.2) is 41.0 Å². The van der Waals surface area contributed by atoms with Crippen LogP contribution in [0.5, 0.6) is 0 Å². The lowest BCUT2D eigenvalue weighted by Gasteiger charge is -2.28. The van der Waals surface area contributed by atoms with Gasteiger partial charge in [0.1, 0.15) is 0 Å². The van der Waals surface area contributed by atoms with Gasteiger partial charge in [0, 0.05) is 17.1 Å². The third kappa shape index (κ3) is 1.78. The highest BCUT2D eigenvalue weighted by Crippen LogP contribution is 2.54. The van der Waals surface area contributed by atoms with Gasteiger partial charge in [0.25, 0.3) is 0 Å². The molecule has 0 amide bonds. The molecule has 5 atom stereocenters. The Labute approximate surface area is 124 Å². The summed E-state index contributed by atoms with van der Waals surface area (Å²) in [6, 6.07) is 2.16. The van der Waals surface area contributed by atoms with Gasteiger partial charge < -0.3 is 5.11 Å². The highest BCUT2D eigenvalue weighted by Gasteiger charge is 2.58. The zero-order valence-corrected chi connectivity index (χ0v) is 12.9. The van der Waals surface area contributed by atoms with Crippen molar-refractivity contribution < 1.29 is 9.90 Å². The van der Waals surface area contributed by atoms with Gasteiger partial charge in [-0.25, -0.2) is 0 Å². The maximum atomic E-state index is 12.4. The van der Waals surface area contributed by atoms with E-state index in [0.29, 0.717) is 18.4 Å². The van der Waals surface area contributed by atoms with Crippen LogP contribution in [0.1, 0.15) is 22.5 Å². The van der Waals surface area contributed by atoms with Gasteiger partial charge in [-0.15, -0.1) is 11.3 Å². The van der Waals surface area contributed by atoms with Crippen LogP contribution >= 0.6 is 27.3 Å². The molecule has 1 saturated heterocycles. The van der Waals surface area contributed by atoms with E-state index >= 15 is 0 Å². The maximum Gasteiger partial charge on any atom is 0.187 e. The van der Waals surface area contributed by atoms with Crippen molar-refractivity contribution in [1.82, 2.24) is 4.90 Å². The molecule has 2 aliphatic carbocycles. The second-order valence-corrected chi connectivity index (χ2v) is 7.86. The molecule has 4 rings (SSSR count). The van der Waals surface area contributed by atoms with Crippen LogP contribution in [0.3, 0.4) is 0 Å². The van der Waals surface area contributed by atoms with Gasteiger partial charge in [-0.3, -0.25) is 9.69 Å². The number of Topliss-reactive ketones (excluding diaryl/α,β-unsaturated/α-hetero) is 1. The summed E-state index contributed by atoms with van der Waals surface area (Å²) in [5, 5.41) is 12.3. The van der Waals surface area contributed by atoms with Crippen LogP contribution in [0.4, 0.5) is 0 Å². The van der Waals surface area contributed by atoms with Crippen molar-refractivity contribution in [3.05, 3.63) is 20.8 Å². The summed E-state index contributed by atoms with van der Waals surface area (Å²) >= 11 is 4.92. The average molecular weight is 342 g/mol. The van der Waals surface area contributed by atoms with E-state index in [1.54, 1.807) is 0 Å². The van der Waals surface area contributed by atoms with Gasteiger partial charge in [0.15, 0.2) is 5.78 Å². The Morgan fingerprint density at radius 3 is 3.00 bits per heavy atom. The van der Waals surface area contributed by atoms with E-state index in [0.717, 1.165) is 28.2 Å². The Morgan fingerprint density at radius 2 is 2.32 bits per heavy atom. The van der Waals surface area contributed by atoms with Crippen LogP contribution in [0.15, 0.2) is 15.9 Å². The first-order valence-corrected chi connectivity index (χ1v) is 8.50. The van der Waals surface area contributed by atoms with Crippen LogP contribution in [0.2, 0.25) is 0 Å². The van der Waals surface area contributed by atoms with E-state index in [2.05, 4.69) is 20.8 Å². The van der Waals surface area contributed by atoms with Crippen molar-refractivity contribution in [2.24, 2.45) is 17.8 Å². The van der Waals surface area contributed by atoms with Crippen LogP contribution in [0, 0.1) is 17.8 Å². The van der Waals surface area contributed by atoms with E-state index in [9.17, 15) is 9.90 Å². The van der Waals surface area contributed by atoms with E-state index in [1.165, 1.54) is 17.8 Å². The van der Waals surface area contributed by atoms with Crippen molar-refractivity contribution in [3.8, 4) is 0 Å². The van der Waals surface area contributed by atoms with E-state index in [1.807, 2.05) is 11.4 Å². The third-order valence-electron chi connectivity index (χ3n) is 5.17. The zero-order valence-electron chi connectivity index (χ0n) is 10.5. The molecule has 2 saturated carbocycles. The van der Waals surface area contributed by atoms with Gasteiger partial charge in [-0.05, 0) is 58.0 Å². The van der Waals surface area contributed by atoms with Gasteiger partial charge in [0.05, 0.1) is 17.5 Å². The molecular weight excluding hydrogens is 326 g/mol. The highest BCUT2D eigenvalue weighted by molar-refractivity contribution is 9.10. The number of likely N-dealkylation sites (tertiary alicyclic amines) is 1. The smallest absolute Gasteiger partial charge is 0.187 e. The summed E-state index contributed by atoms with van der Waals surface area (Å²) < 4.78 is 0.898. The lowest BCUT2D eigenvalue weighted by Crippen LogP contribution is -2.42. The number of aliphatic hydroxyl groups is 1. The SMILES string of the molecule is O=C(CN1CC2CC3CC2C1C3O)c1sccc1Br. The lowest BCUT2D eigenvalue weighted by molar-refractivity contribution is 0.0492. The molecule has 2 bridgehead atoms. The molecule has 0 radical (unpaired) electrons. The average Bonchev–Trinajstić information content (AvgIpc) is 3.04. The number of aliphatic hydroxyl groups excluding tert-OH is 1. The van der Waals surface area contributed by atoms with Crippen LogP contribution in [0.25, 0.3) is 0 Å². The minimum Gasteiger partial charge on any atom is -0.391 e. The minimum atomic E-state index is -0.205. The molecule has 0 aromatic carbocycles. The highest BCUT2D eigenvalue weighted by atomic mass is 79.9. The van der Waals surface area contributed by atoms with Crippen molar-refractivity contribution in [2.45, 2.75) is 25.0 Å². The Bertz CT molecular complexity index is 529. The number of hydrogen-bond acceptors (Lipinski definition) is 4. The second kappa shape index (κ2) is 4.38. The molecule has 1 N–H and O–H groups in total. The molecule has 3 nitrogen and oxygen atoms in total. The molecule has 5 unspecified atom stereocenters. The number of nitrogens with zero attached hydrogens (tertiary/aromatic N) is 1. The molecule has 1 aliphatic heterocycles. The first-order valence-electron chi connectivity index (χ1n) is 6.83. The number of carbonyl (C=O) groups is 1. The Morgan fingerprint density at radius 1 is 1.47 bits per heavy atom. The standard InChI is InChI=1S/C14H16BrNO2S/c15-10-1-2-19-14(10)11(17)6-16-5-8-3-7-4-9(8)12(16)13(7)18/h1-2,7-9,12-13,18H,3-6H2. The molecule has 19 heavy (non-hydrogen) atoms. The first-order chi connectivity index (χ1) is 9.15. The number of carbonyl (C=O) groups excluding carboxylic acids is 1. The molecule has 102 valence electrons. The summed E-state index contributed by atoms with van der Waals surface area (Å²) in [4.78, 5) is 15.4. The van der Waals surface area contributed by atoms with Crippen molar-refractivity contribution in [2.75, 3.05) is 13.1 Å². The number of rotatable bonds is 3. The summed E-state index contributed by atoms with van der Waals surface area (Å²) in [7, 11) is 0. The molecule has 0 spiro atoms. The predicted molar refractivity (Wildman–Crippen MR) is 77.4 cm³/mol. The minimum absolute atomic E-state index is 0.179. The third-order valence-corrected chi connectivity index (χ3v) is 7.04. The summed E-state index contributed by atoms with van der Waals surface area (Å²) in [6.07, 6.45) is 2.13. The Balaban J connectivity index is 1.53.